The second kappa shape index (κ2) is 10.3. The summed E-state index contributed by atoms with van der Waals surface area (Å²) >= 11 is 0. The number of nitrogens with zero attached hydrogens (tertiary/aromatic N) is 3. The molecule has 1 saturated heterocycles. The van der Waals surface area contributed by atoms with Gasteiger partial charge in [0.15, 0.2) is 0 Å². The first-order valence-corrected chi connectivity index (χ1v) is 11.8. The summed E-state index contributed by atoms with van der Waals surface area (Å²) in [6.07, 6.45) is 2.02. The first-order chi connectivity index (χ1) is 16.0. The van der Waals surface area contributed by atoms with Crippen molar-refractivity contribution in [2.45, 2.75) is 32.2 Å². The van der Waals surface area contributed by atoms with Crippen molar-refractivity contribution in [3.8, 4) is 0 Å². The quantitative estimate of drug-likeness (QED) is 0.547. The number of ether oxygens (including phenoxy) is 1. The highest BCUT2D eigenvalue weighted by atomic mass is 16.5. The van der Waals surface area contributed by atoms with Crippen LogP contribution >= 0.6 is 0 Å². The molecule has 2 heterocycles. The fourth-order valence-electron chi connectivity index (χ4n) is 4.85. The zero-order chi connectivity index (χ0) is 23.4. The number of rotatable bonds is 7. The Kier molecular flexibility index (Phi) is 7.26. The monoisotopic (exact) mass is 447 g/mol. The number of aryl methyl sites for hydroxylation is 1. The topological polar surface area (TPSA) is 54.8 Å². The second-order valence-corrected chi connectivity index (χ2v) is 8.72. The van der Waals surface area contributed by atoms with Crippen LogP contribution in [-0.2, 0) is 11.3 Å². The predicted octanol–water partition coefficient (Wildman–Crippen LogP) is 4.12. The van der Waals surface area contributed by atoms with Crippen LogP contribution in [0.4, 0.5) is 5.69 Å². The largest absolute Gasteiger partial charge is 0.383 e. The zero-order valence-electron chi connectivity index (χ0n) is 19.8. The number of benzene rings is 2. The molecule has 0 spiro atoms. The number of methoxy groups -OCH3 is 1. The van der Waals surface area contributed by atoms with Gasteiger partial charge in [-0.05, 0) is 74.7 Å². The van der Waals surface area contributed by atoms with E-state index in [0.29, 0.717) is 18.0 Å². The van der Waals surface area contributed by atoms with Gasteiger partial charge in [-0.2, -0.15) is 0 Å². The van der Waals surface area contributed by atoms with E-state index in [1.54, 1.807) is 19.1 Å². The number of piperidine rings is 1. The number of likely N-dealkylation sites (tertiary alicyclic amines) is 1. The minimum atomic E-state index is -0.0493. The van der Waals surface area contributed by atoms with Crippen molar-refractivity contribution in [3.63, 3.8) is 0 Å². The van der Waals surface area contributed by atoms with Crippen LogP contribution in [0, 0.1) is 0 Å². The van der Waals surface area contributed by atoms with Crippen LogP contribution < -0.4 is 10.5 Å². The number of carbonyl (C=O) groups is 1. The number of hydrogen-bond acceptors (Lipinski definition) is 4. The number of fused-ring (bicyclic) bond motifs is 1. The maximum absolute atomic E-state index is 13.0. The van der Waals surface area contributed by atoms with Crippen molar-refractivity contribution in [3.05, 3.63) is 76.1 Å². The molecule has 2 aromatic carbocycles. The van der Waals surface area contributed by atoms with Crippen LogP contribution in [0.3, 0.4) is 0 Å². The Hall–Kier alpha value is -2.96. The van der Waals surface area contributed by atoms with Gasteiger partial charge in [-0.15, -0.1) is 0 Å². The van der Waals surface area contributed by atoms with Crippen molar-refractivity contribution < 1.29 is 9.53 Å². The van der Waals surface area contributed by atoms with Crippen LogP contribution in [0.25, 0.3) is 10.9 Å². The summed E-state index contributed by atoms with van der Waals surface area (Å²) in [7, 11) is 3.54. The van der Waals surface area contributed by atoms with E-state index < -0.39 is 0 Å². The van der Waals surface area contributed by atoms with E-state index in [9.17, 15) is 9.59 Å². The van der Waals surface area contributed by atoms with Crippen LogP contribution in [0.1, 0.15) is 41.6 Å². The van der Waals surface area contributed by atoms with Crippen LogP contribution in [0.5, 0.6) is 0 Å². The molecule has 6 nitrogen and oxygen atoms in total. The van der Waals surface area contributed by atoms with E-state index in [1.807, 2.05) is 60.0 Å². The Balaban J connectivity index is 1.70. The van der Waals surface area contributed by atoms with Crippen molar-refractivity contribution in [2.24, 2.45) is 0 Å². The summed E-state index contributed by atoms with van der Waals surface area (Å²) in [6, 6.07) is 17.1. The molecular weight excluding hydrogens is 414 g/mol. The molecule has 0 aliphatic carbocycles. The van der Waals surface area contributed by atoms with E-state index in [2.05, 4.69) is 11.0 Å². The highest BCUT2D eigenvalue weighted by Gasteiger charge is 2.24. The maximum Gasteiger partial charge on any atom is 0.258 e. The number of pyridine rings is 1. The average molecular weight is 448 g/mol. The van der Waals surface area contributed by atoms with Crippen LogP contribution in [0.2, 0.25) is 0 Å². The lowest BCUT2D eigenvalue weighted by Crippen LogP contribution is -2.35. The van der Waals surface area contributed by atoms with Gasteiger partial charge in [0, 0.05) is 50.0 Å². The van der Waals surface area contributed by atoms with E-state index in [-0.39, 0.29) is 11.5 Å². The predicted molar refractivity (Wildman–Crippen MR) is 133 cm³/mol. The standard InChI is InChI=1S/C27H33N3O3/c1-4-30-25-11-10-22(28(2)27(32)21-8-6-5-7-9-21)18-24(25)23(19-26(30)31)20-12-14-29(15-13-20)16-17-33-3/h5-11,18-20H,4,12-17H2,1-3H3. The van der Waals surface area contributed by atoms with Gasteiger partial charge in [0.1, 0.15) is 0 Å². The Labute approximate surface area is 195 Å². The SMILES string of the molecule is CCn1c(=O)cc(C2CCN(CCOC)CC2)c2cc(N(C)C(=O)c3ccccc3)ccc21. The molecule has 1 fully saturated rings. The van der Waals surface area contributed by atoms with Gasteiger partial charge >= 0.3 is 0 Å². The minimum Gasteiger partial charge on any atom is -0.383 e. The normalized spacial score (nSPS) is 15.1. The van der Waals surface area contributed by atoms with E-state index in [4.69, 9.17) is 4.74 Å². The summed E-state index contributed by atoms with van der Waals surface area (Å²) in [4.78, 5) is 30.1. The highest BCUT2D eigenvalue weighted by molar-refractivity contribution is 6.06. The second-order valence-electron chi connectivity index (χ2n) is 8.72. The Morgan fingerprint density at radius 2 is 1.82 bits per heavy atom. The van der Waals surface area contributed by atoms with Gasteiger partial charge < -0.3 is 19.1 Å². The summed E-state index contributed by atoms with van der Waals surface area (Å²) in [6.45, 7) is 6.29. The molecule has 1 aliphatic rings. The third-order valence-electron chi connectivity index (χ3n) is 6.79. The van der Waals surface area contributed by atoms with Crippen molar-refractivity contribution >= 4 is 22.5 Å². The van der Waals surface area contributed by atoms with Crippen molar-refractivity contribution in [2.75, 3.05) is 45.3 Å². The fraction of sp³-hybridized carbons (Fsp3) is 0.407. The molecule has 1 amide bonds. The minimum absolute atomic E-state index is 0.0447. The highest BCUT2D eigenvalue weighted by Crippen LogP contribution is 2.34. The number of carbonyl (C=O) groups excluding carboxylic acids is 1. The lowest BCUT2D eigenvalue weighted by Gasteiger charge is -2.32. The smallest absolute Gasteiger partial charge is 0.258 e. The number of anilines is 1. The van der Waals surface area contributed by atoms with Gasteiger partial charge in [0.2, 0.25) is 0 Å². The first-order valence-electron chi connectivity index (χ1n) is 11.8. The van der Waals surface area contributed by atoms with E-state index in [0.717, 1.165) is 61.2 Å². The lowest BCUT2D eigenvalue weighted by atomic mass is 9.87. The maximum atomic E-state index is 13.0. The fourth-order valence-corrected chi connectivity index (χ4v) is 4.85. The number of amides is 1. The molecule has 174 valence electrons. The summed E-state index contributed by atoms with van der Waals surface area (Å²) < 4.78 is 7.04. The Bertz CT molecular complexity index is 1160. The van der Waals surface area contributed by atoms with E-state index in [1.165, 1.54) is 0 Å². The van der Waals surface area contributed by atoms with Gasteiger partial charge in [0.25, 0.3) is 11.5 Å². The molecule has 4 rings (SSSR count). The molecule has 0 saturated carbocycles. The van der Waals surface area contributed by atoms with Crippen LogP contribution in [-0.4, -0.2) is 55.8 Å². The number of hydrogen-bond donors (Lipinski definition) is 0. The molecule has 1 aliphatic heterocycles. The lowest BCUT2D eigenvalue weighted by molar-refractivity contribution is 0.0993. The Morgan fingerprint density at radius 1 is 1.09 bits per heavy atom. The van der Waals surface area contributed by atoms with Gasteiger partial charge in [0.05, 0.1) is 12.1 Å². The van der Waals surface area contributed by atoms with Crippen LogP contribution in [0.15, 0.2) is 59.4 Å². The van der Waals surface area contributed by atoms with Crippen molar-refractivity contribution in [1.82, 2.24) is 9.47 Å². The Morgan fingerprint density at radius 3 is 2.48 bits per heavy atom. The molecule has 0 bridgehead atoms. The third-order valence-corrected chi connectivity index (χ3v) is 6.79. The zero-order valence-corrected chi connectivity index (χ0v) is 19.8. The van der Waals surface area contributed by atoms with Gasteiger partial charge in [-0.25, -0.2) is 0 Å². The molecule has 0 unspecified atom stereocenters. The van der Waals surface area contributed by atoms with E-state index >= 15 is 0 Å². The molecular formula is C27H33N3O3. The molecule has 1 aromatic heterocycles. The third kappa shape index (κ3) is 4.87. The summed E-state index contributed by atoms with van der Waals surface area (Å²) in [5, 5.41) is 1.07. The first kappa shape index (κ1) is 23.2. The summed E-state index contributed by atoms with van der Waals surface area (Å²) in [5.74, 6) is 0.280. The molecule has 0 atom stereocenters. The number of aromatic nitrogens is 1. The molecule has 6 heteroatoms. The molecule has 0 radical (unpaired) electrons. The van der Waals surface area contributed by atoms with Gasteiger partial charge in [-0.1, -0.05) is 18.2 Å². The molecule has 33 heavy (non-hydrogen) atoms. The van der Waals surface area contributed by atoms with Crippen molar-refractivity contribution in [1.29, 1.82) is 0 Å². The van der Waals surface area contributed by atoms with Gasteiger partial charge in [-0.3, -0.25) is 9.59 Å². The molecule has 3 aromatic rings. The summed E-state index contributed by atoms with van der Waals surface area (Å²) in [5.41, 5.74) is 3.57. The molecule has 0 N–H and O–H groups in total. The average Bonchev–Trinajstić information content (AvgIpc) is 2.86.